The van der Waals surface area contributed by atoms with Crippen molar-refractivity contribution < 1.29 is 9.59 Å². The van der Waals surface area contributed by atoms with E-state index in [0.29, 0.717) is 19.4 Å². The van der Waals surface area contributed by atoms with Gasteiger partial charge in [-0.05, 0) is 18.8 Å². The van der Waals surface area contributed by atoms with Crippen LogP contribution >= 0.6 is 0 Å². The van der Waals surface area contributed by atoms with Gasteiger partial charge >= 0.3 is 0 Å². The van der Waals surface area contributed by atoms with Crippen molar-refractivity contribution in [2.24, 2.45) is 34.0 Å². The summed E-state index contributed by atoms with van der Waals surface area (Å²) >= 11 is 0. The Morgan fingerprint density at radius 3 is 2.16 bits per heavy atom. The highest BCUT2D eigenvalue weighted by atomic mass is 16.2. The topological polar surface area (TPSA) is 137 Å². The molecule has 0 heterocycles. The fraction of sp³-hybridized carbons (Fsp3) is 0.750. The molecule has 0 saturated carbocycles. The van der Waals surface area contributed by atoms with E-state index in [4.69, 9.17) is 17.2 Å². The third kappa shape index (κ3) is 7.28. The first kappa shape index (κ1) is 17.2. The minimum atomic E-state index is -0.678. The molecule has 0 aromatic carbocycles. The second-order valence-electron chi connectivity index (χ2n) is 4.95. The van der Waals surface area contributed by atoms with Crippen LogP contribution in [0.3, 0.4) is 0 Å². The molecule has 0 fully saturated rings. The van der Waals surface area contributed by atoms with Gasteiger partial charge in [-0.3, -0.25) is 14.6 Å². The van der Waals surface area contributed by atoms with Crippen LogP contribution in [0, 0.1) is 11.8 Å². The molecule has 0 aliphatic heterocycles. The number of guanidine groups is 1. The van der Waals surface area contributed by atoms with Crippen LogP contribution in [0.5, 0.6) is 0 Å². The summed E-state index contributed by atoms with van der Waals surface area (Å²) in [5.74, 6) is -0.669. The van der Waals surface area contributed by atoms with Gasteiger partial charge < -0.3 is 22.5 Å². The highest BCUT2D eigenvalue weighted by Gasteiger charge is 2.22. The van der Waals surface area contributed by atoms with Crippen LogP contribution in [-0.4, -0.2) is 30.4 Å². The zero-order chi connectivity index (χ0) is 15.0. The van der Waals surface area contributed by atoms with Gasteiger partial charge in [-0.1, -0.05) is 20.8 Å². The number of primary amides is 1. The molecule has 0 aromatic rings. The molecule has 7 heteroatoms. The Morgan fingerprint density at radius 2 is 1.74 bits per heavy atom. The van der Waals surface area contributed by atoms with Gasteiger partial charge in [-0.15, -0.1) is 0 Å². The third-order valence-corrected chi connectivity index (χ3v) is 3.02. The van der Waals surface area contributed by atoms with Gasteiger partial charge in [0.15, 0.2) is 5.96 Å². The van der Waals surface area contributed by atoms with Crippen molar-refractivity contribution in [3.63, 3.8) is 0 Å². The van der Waals surface area contributed by atoms with E-state index in [0.717, 1.165) is 0 Å². The lowest BCUT2D eigenvalue weighted by molar-refractivity contribution is -0.130. The summed E-state index contributed by atoms with van der Waals surface area (Å²) in [4.78, 5) is 26.9. The zero-order valence-corrected chi connectivity index (χ0v) is 11.8. The minimum absolute atomic E-state index is 0.00749. The van der Waals surface area contributed by atoms with Crippen LogP contribution in [0.15, 0.2) is 4.99 Å². The van der Waals surface area contributed by atoms with E-state index in [-0.39, 0.29) is 23.7 Å². The van der Waals surface area contributed by atoms with Crippen LogP contribution in [-0.2, 0) is 9.59 Å². The summed E-state index contributed by atoms with van der Waals surface area (Å²) in [7, 11) is 0. The van der Waals surface area contributed by atoms with Crippen molar-refractivity contribution in [1.82, 2.24) is 5.32 Å². The SMILES string of the molecule is CC(C)C(C)C(=O)NC(CCCN=C(N)N)C(N)=O. The first-order chi connectivity index (χ1) is 8.75. The Bertz CT molecular complexity index is 337. The molecular formula is C12H25N5O2. The average molecular weight is 271 g/mol. The van der Waals surface area contributed by atoms with E-state index >= 15 is 0 Å². The summed E-state index contributed by atoms with van der Waals surface area (Å²) in [6.07, 6.45) is 0.991. The molecule has 0 saturated heterocycles. The van der Waals surface area contributed by atoms with Gasteiger partial charge in [-0.25, -0.2) is 0 Å². The van der Waals surface area contributed by atoms with Gasteiger partial charge in [0.2, 0.25) is 11.8 Å². The molecular weight excluding hydrogens is 246 g/mol. The van der Waals surface area contributed by atoms with Crippen molar-refractivity contribution >= 4 is 17.8 Å². The van der Waals surface area contributed by atoms with Gasteiger partial charge in [0, 0.05) is 12.5 Å². The molecule has 0 radical (unpaired) electrons. The summed E-state index contributed by atoms with van der Waals surface area (Å²) in [5, 5.41) is 2.66. The number of amides is 2. The number of hydrogen-bond acceptors (Lipinski definition) is 3. The number of aliphatic imine (C=N–C) groups is 1. The molecule has 7 nitrogen and oxygen atoms in total. The number of nitrogens with two attached hydrogens (primary N) is 3. The fourth-order valence-electron chi connectivity index (χ4n) is 1.40. The van der Waals surface area contributed by atoms with E-state index < -0.39 is 11.9 Å². The Hall–Kier alpha value is -1.79. The van der Waals surface area contributed by atoms with Gasteiger partial charge in [-0.2, -0.15) is 0 Å². The van der Waals surface area contributed by atoms with Crippen LogP contribution in [0.1, 0.15) is 33.6 Å². The zero-order valence-electron chi connectivity index (χ0n) is 11.8. The largest absolute Gasteiger partial charge is 0.370 e. The number of rotatable bonds is 8. The van der Waals surface area contributed by atoms with Crippen molar-refractivity contribution in [2.75, 3.05) is 6.54 Å². The molecule has 0 bridgehead atoms. The van der Waals surface area contributed by atoms with Crippen LogP contribution in [0.2, 0.25) is 0 Å². The number of carbonyl (C=O) groups is 2. The van der Waals surface area contributed by atoms with Crippen LogP contribution in [0.4, 0.5) is 0 Å². The van der Waals surface area contributed by atoms with E-state index in [1.54, 1.807) is 0 Å². The molecule has 0 rings (SSSR count). The predicted octanol–water partition coefficient (Wildman–Crippen LogP) is -0.698. The predicted molar refractivity (Wildman–Crippen MR) is 75.0 cm³/mol. The second kappa shape index (κ2) is 8.34. The number of hydrogen-bond donors (Lipinski definition) is 4. The molecule has 0 aliphatic rings. The first-order valence-electron chi connectivity index (χ1n) is 6.40. The van der Waals surface area contributed by atoms with Gasteiger partial charge in [0.05, 0.1) is 0 Å². The van der Waals surface area contributed by atoms with Crippen molar-refractivity contribution in [3.05, 3.63) is 0 Å². The summed E-state index contributed by atoms with van der Waals surface area (Å²) in [6, 6.07) is -0.678. The quantitative estimate of drug-likeness (QED) is 0.263. The molecule has 7 N–H and O–H groups in total. The molecule has 0 aromatic heterocycles. The number of nitrogens with zero attached hydrogens (tertiary/aromatic N) is 1. The maximum absolute atomic E-state index is 11.9. The van der Waals surface area contributed by atoms with E-state index in [1.807, 2.05) is 20.8 Å². The lowest BCUT2D eigenvalue weighted by Crippen LogP contribution is -2.47. The Kier molecular flexibility index (Phi) is 7.55. The standard InChI is InChI=1S/C12H25N5O2/c1-7(2)8(3)11(19)17-9(10(13)18)5-4-6-16-12(14)15/h7-9H,4-6H2,1-3H3,(H2,13,18)(H,17,19)(H4,14,15,16). The fourth-order valence-corrected chi connectivity index (χ4v) is 1.40. The maximum Gasteiger partial charge on any atom is 0.240 e. The normalized spacial score (nSPS) is 13.7. The summed E-state index contributed by atoms with van der Waals surface area (Å²) in [6.45, 7) is 6.11. The highest BCUT2D eigenvalue weighted by Crippen LogP contribution is 2.10. The average Bonchev–Trinajstić information content (AvgIpc) is 2.30. The van der Waals surface area contributed by atoms with Gasteiger partial charge in [0.1, 0.15) is 6.04 Å². The second-order valence-corrected chi connectivity index (χ2v) is 4.95. The monoisotopic (exact) mass is 271 g/mol. The van der Waals surface area contributed by atoms with Crippen molar-refractivity contribution in [3.8, 4) is 0 Å². The van der Waals surface area contributed by atoms with Crippen LogP contribution < -0.4 is 22.5 Å². The number of carbonyl (C=O) groups excluding carboxylic acids is 2. The van der Waals surface area contributed by atoms with E-state index in [2.05, 4.69) is 10.3 Å². The molecule has 0 spiro atoms. The van der Waals surface area contributed by atoms with Crippen molar-refractivity contribution in [2.45, 2.75) is 39.7 Å². The van der Waals surface area contributed by atoms with Crippen molar-refractivity contribution in [1.29, 1.82) is 0 Å². The molecule has 0 aliphatic carbocycles. The van der Waals surface area contributed by atoms with E-state index in [1.165, 1.54) is 0 Å². The molecule has 110 valence electrons. The summed E-state index contributed by atoms with van der Waals surface area (Å²) in [5.41, 5.74) is 15.6. The lowest BCUT2D eigenvalue weighted by Gasteiger charge is -2.20. The maximum atomic E-state index is 11.9. The minimum Gasteiger partial charge on any atom is -0.370 e. The molecule has 2 amide bonds. The molecule has 2 unspecified atom stereocenters. The highest BCUT2D eigenvalue weighted by molar-refractivity contribution is 5.87. The first-order valence-corrected chi connectivity index (χ1v) is 6.40. The Labute approximate surface area is 114 Å². The van der Waals surface area contributed by atoms with E-state index in [9.17, 15) is 9.59 Å². The smallest absolute Gasteiger partial charge is 0.240 e. The Balaban J connectivity index is 4.31. The number of nitrogens with one attached hydrogen (secondary N) is 1. The third-order valence-electron chi connectivity index (χ3n) is 3.02. The lowest BCUT2D eigenvalue weighted by atomic mass is 9.96. The Morgan fingerprint density at radius 1 is 1.16 bits per heavy atom. The molecule has 19 heavy (non-hydrogen) atoms. The summed E-state index contributed by atoms with van der Waals surface area (Å²) < 4.78 is 0. The van der Waals surface area contributed by atoms with Crippen LogP contribution in [0.25, 0.3) is 0 Å². The van der Waals surface area contributed by atoms with Gasteiger partial charge in [0.25, 0.3) is 0 Å². The molecule has 2 atom stereocenters.